The molecule has 0 bridgehead atoms. The van der Waals surface area contributed by atoms with Gasteiger partial charge in [-0.05, 0) is 44.0 Å². The molecule has 0 saturated carbocycles. The van der Waals surface area contributed by atoms with E-state index in [0.717, 1.165) is 22.6 Å². The molecule has 0 atom stereocenters. The van der Waals surface area contributed by atoms with Gasteiger partial charge in [0.1, 0.15) is 17.3 Å². The van der Waals surface area contributed by atoms with Crippen molar-refractivity contribution in [3.8, 4) is 17.0 Å². The van der Waals surface area contributed by atoms with E-state index >= 15 is 0 Å². The van der Waals surface area contributed by atoms with E-state index in [4.69, 9.17) is 10.5 Å². The second kappa shape index (κ2) is 4.37. The first-order valence-electron chi connectivity index (χ1n) is 5.90. The summed E-state index contributed by atoms with van der Waals surface area (Å²) in [7, 11) is 3.52. The average Bonchev–Trinajstić information content (AvgIpc) is 2.60. The number of rotatable bonds is 2. The van der Waals surface area contributed by atoms with Gasteiger partial charge in [-0.2, -0.15) is 5.10 Å². The normalized spacial score (nSPS) is 10.7. The van der Waals surface area contributed by atoms with Crippen LogP contribution < -0.4 is 10.5 Å². The Hall–Kier alpha value is -1.97. The zero-order valence-electron chi connectivity index (χ0n) is 11.5. The van der Waals surface area contributed by atoms with Crippen molar-refractivity contribution in [1.82, 2.24) is 9.78 Å². The largest absolute Gasteiger partial charge is 0.496 e. The lowest BCUT2D eigenvalue weighted by molar-refractivity contribution is 0.416. The third-order valence-corrected chi connectivity index (χ3v) is 3.41. The molecule has 1 aromatic carbocycles. The molecule has 2 aromatic rings. The van der Waals surface area contributed by atoms with E-state index in [0.29, 0.717) is 5.82 Å². The third-order valence-electron chi connectivity index (χ3n) is 3.41. The summed E-state index contributed by atoms with van der Waals surface area (Å²) in [6.45, 7) is 6.13. The minimum atomic E-state index is 0.685. The number of hydrogen-bond acceptors (Lipinski definition) is 3. The Morgan fingerprint density at radius 3 is 2.28 bits per heavy atom. The number of nitrogen functional groups attached to an aromatic ring is 1. The van der Waals surface area contributed by atoms with Gasteiger partial charge in [-0.15, -0.1) is 0 Å². The maximum atomic E-state index is 5.96. The molecule has 0 aliphatic heterocycles. The maximum Gasteiger partial charge on any atom is 0.128 e. The molecule has 2 rings (SSSR count). The SMILES string of the molecule is COc1cc(C)c(C)cc1-c1nn(C)c(N)c1C. The number of aromatic nitrogens is 2. The van der Waals surface area contributed by atoms with Crippen LogP contribution >= 0.6 is 0 Å². The Morgan fingerprint density at radius 1 is 1.17 bits per heavy atom. The molecule has 96 valence electrons. The van der Waals surface area contributed by atoms with Gasteiger partial charge in [-0.3, -0.25) is 4.68 Å². The van der Waals surface area contributed by atoms with E-state index in [1.807, 2.05) is 20.0 Å². The van der Waals surface area contributed by atoms with Crippen molar-refractivity contribution in [2.75, 3.05) is 12.8 Å². The number of nitrogens with two attached hydrogens (primary N) is 1. The number of ether oxygens (including phenoxy) is 1. The molecule has 2 N–H and O–H groups in total. The fraction of sp³-hybridized carbons (Fsp3) is 0.357. The Morgan fingerprint density at radius 2 is 1.78 bits per heavy atom. The van der Waals surface area contributed by atoms with Crippen LogP contribution in [0.5, 0.6) is 5.75 Å². The zero-order valence-corrected chi connectivity index (χ0v) is 11.5. The minimum absolute atomic E-state index is 0.685. The molecule has 0 aliphatic carbocycles. The molecule has 0 spiro atoms. The van der Waals surface area contributed by atoms with Crippen molar-refractivity contribution >= 4 is 5.82 Å². The van der Waals surface area contributed by atoms with Gasteiger partial charge in [0.05, 0.1) is 7.11 Å². The topological polar surface area (TPSA) is 53.1 Å². The van der Waals surface area contributed by atoms with Crippen molar-refractivity contribution < 1.29 is 4.74 Å². The van der Waals surface area contributed by atoms with Gasteiger partial charge < -0.3 is 10.5 Å². The maximum absolute atomic E-state index is 5.96. The fourth-order valence-corrected chi connectivity index (χ4v) is 2.04. The first kappa shape index (κ1) is 12.5. The third kappa shape index (κ3) is 1.83. The number of nitrogens with zero attached hydrogens (tertiary/aromatic N) is 2. The summed E-state index contributed by atoms with van der Waals surface area (Å²) in [5, 5.41) is 4.47. The van der Waals surface area contributed by atoms with Crippen molar-refractivity contribution in [3.63, 3.8) is 0 Å². The van der Waals surface area contributed by atoms with Gasteiger partial charge in [-0.1, -0.05) is 0 Å². The average molecular weight is 245 g/mol. The van der Waals surface area contributed by atoms with Crippen LogP contribution in [0.4, 0.5) is 5.82 Å². The standard InChI is InChI=1S/C14H19N3O/c1-8-6-11(12(18-5)7-9(8)2)13-10(3)14(15)17(4)16-13/h6-7H,15H2,1-5H3. The summed E-state index contributed by atoms with van der Waals surface area (Å²) in [6.07, 6.45) is 0. The van der Waals surface area contributed by atoms with Gasteiger partial charge in [-0.25, -0.2) is 0 Å². The monoisotopic (exact) mass is 245 g/mol. The summed E-state index contributed by atoms with van der Waals surface area (Å²) in [5.41, 5.74) is 11.2. The lowest BCUT2D eigenvalue weighted by atomic mass is 10.0. The number of hydrogen-bond donors (Lipinski definition) is 1. The van der Waals surface area contributed by atoms with Gasteiger partial charge in [0.2, 0.25) is 0 Å². The highest BCUT2D eigenvalue weighted by molar-refractivity contribution is 5.74. The van der Waals surface area contributed by atoms with Crippen LogP contribution in [0.3, 0.4) is 0 Å². The Kier molecular flexibility index (Phi) is 3.03. The van der Waals surface area contributed by atoms with Crippen LogP contribution in [0.25, 0.3) is 11.3 Å². The minimum Gasteiger partial charge on any atom is -0.496 e. The molecule has 0 amide bonds. The first-order chi connectivity index (χ1) is 8.45. The van der Waals surface area contributed by atoms with Gasteiger partial charge >= 0.3 is 0 Å². The number of anilines is 1. The van der Waals surface area contributed by atoms with Crippen molar-refractivity contribution in [2.45, 2.75) is 20.8 Å². The highest BCUT2D eigenvalue weighted by Gasteiger charge is 2.16. The number of methoxy groups -OCH3 is 1. The van der Waals surface area contributed by atoms with E-state index in [9.17, 15) is 0 Å². The highest BCUT2D eigenvalue weighted by atomic mass is 16.5. The summed E-state index contributed by atoms with van der Waals surface area (Å²) in [5.74, 6) is 1.52. The van der Waals surface area contributed by atoms with Crippen LogP contribution in [0, 0.1) is 20.8 Å². The lowest BCUT2D eigenvalue weighted by Crippen LogP contribution is -1.97. The van der Waals surface area contributed by atoms with Crippen LogP contribution in [0.1, 0.15) is 16.7 Å². The second-order valence-corrected chi connectivity index (χ2v) is 4.62. The lowest BCUT2D eigenvalue weighted by Gasteiger charge is -2.10. The van der Waals surface area contributed by atoms with Gasteiger partial charge in [0, 0.05) is 18.2 Å². The molecule has 0 radical (unpaired) electrons. The zero-order chi connectivity index (χ0) is 13.4. The van der Waals surface area contributed by atoms with E-state index < -0.39 is 0 Å². The summed E-state index contributed by atoms with van der Waals surface area (Å²) in [6, 6.07) is 4.14. The van der Waals surface area contributed by atoms with Gasteiger partial charge in [0.15, 0.2) is 0 Å². The van der Waals surface area contributed by atoms with Crippen LogP contribution in [-0.4, -0.2) is 16.9 Å². The smallest absolute Gasteiger partial charge is 0.128 e. The number of aryl methyl sites for hydroxylation is 3. The van der Waals surface area contributed by atoms with Crippen LogP contribution in [0.15, 0.2) is 12.1 Å². The second-order valence-electron chi connectivity index (χ2n) is 4.62. The van der Waals surface area contributed by atoms with Crippen molar-refractivity contribution in [1.29, 1.82) is 0 Å². The summed E-state index contributed by atoms with van der Waals surface area (Å²) < 4.78 is 7.14. The molecule has 0 fully saturated rings. The molecule has 0 unspecified atom stereocenters. The molecular weight excluding hydrogens is 226 g/mol. The molecule has 0 aliphatic rings. The van der Waals surface area contributed by atoms with Crippen LogP contribution in [-0.2, 0) is 7.05 Å². The van der Waals surface area contributed by atoms with Gasteiger partial charge in [0.25, 0.3) is 0 Å². The van der Waals surface area contributed by atoms with E-state index in [2.05, 4.69) is 25.0 Å². The van der Waals surface area contributed by atoms with Crippen molar-refractivity contribution in [2.24, 2.45) is 7.05 Å². The quantitative estimate of drug-likeness (QED) is 0.884. The molecule has 1 heterocycles. The molecule has 1 aromatic heterocycles. The first-order valence-corrected chi connectivity index (χ1v) is 5.90. The van der Waals surface area contributed by atoms with Crippen molar-refractivity contribution in [3.05, 3.63) is 28.8 Å². The van der Waals surface area contributed by atoms with E-state index in [-0.39, 0.29) is 0 Å². The van der Waals surface area contributed by atoms with E-state index in [1.165, 1.54) is 11.1 Å². The summed E-state index contributed by atoms with van der Waals surface area (Å²) >= 11 is 0. The van der Waals surface area contributed by atoms with E-state index in [1.54, 1.807) is 11.8 Å². The summed E-state index contributed by atoms with van der Waals surface area (Å²) in [4.78, 5) is 0. The Labute approximate surface area is 107 Å². The Balaban J connectivity index is 2.70. The predicted molar refractivity (Wildman–Crippen MR) is 73.8 cm³/mol. The molecule has 18 heavy (non-hydrogen) atoms. The molecule has 0 saturated heterocycles. The predicted octanol–water partition coefficient (Wildman–Crippen LogP) is 2.60. The Bertz CT molecular complexity index is 600. The molecule has 4 nitrogen and oxygen atoms in total. The number of benzene rings is 1. The molecule has 4 heteroatoms. The van der Waals surface area contributed by atoms with Crippen LogP contribution in [0.2, 0.25) is 0 Å². The fourth-order valence-electron chi connectivity index (χ4n) is 2.04. The highest BCUT2D eigenvalue weighted by Crippen LogP contribution is 2.35. The molecular formula is C14H19N3O.